The molecule has 5 heteroatoms. The molecule has 0 bridgehead atoms. The molecule has 0 spiro atoms. The number of carbonyl (C=O) groups excluding carboxylic acids is 1. The van der Waals surface area contributed by atoms with Gasteiger partial charge in [-0.25, -0.2) is 0 Å². The van der Waals surface area contributed by atoms with Crippen LogP contribution in [0.4, 0.5) is 5.69 Å². The molecule has 100 valence electrons. The molecule has 2 unspecified atom stereocenters. The van der Waals surface area contributed by atoms with Crippen LogP contribution in [0.3, 0.4) is 0 Å². The van der Waals surface area contributed by atoms with Gasteiger partial charge in [-0.3, -0.25) is 9.00 Å². The van der Waals surface area contributed by atoms with Crippen LogP contribution in [0, 0.1) is 6.92 Å². The SMILES string of the molecule is Cc1cc(S(=O)C(C)C(=O)NC(C)C)ccc1N. The number of aryl methyl sites for hydroxylation is 1. The number of nitrogen functional groups attached to an aromatic ring is 1. The number of benzene rings is 1. The van der Waals surface area contributed by atoms with E-state index in [2.05, 4.69) is 5.32 Å². The first-order chi connectivity index (χ1) is 8.32. The van der Waals surface area contributed by atoms with Crippen LogP contribution in [0.15, 0.2) is 23.1 Å². The van der Waals surface area contributed by atoms with E-state index in [1.54, 1.807) is 25.1 Å². The predicted octanol–water partition coefficient (Wildman–Crippen LogP) is 1.60. The van der Waals surface area contributed by atoms with E-state index in [0.29, 0.717) is 10.6 Å². The van der Waals surface area contributed by atoms with Crippen LogP contribution in [-0.2, 0) is 15.6 Å². The number of nitrogens with two attached hydrogens (primary N) is 1. The standard InChI is InChI=1S/C13H20N2O2S/c1-8(2)15-13(16)10(4)18(17)11-5-6-12(14)9(3)7-11/h5-8,10H,14H2,1-4H3,(H,15,16). The quantitative estimate of drug-likeness (QED) is 0.815. The molecule has 0 saturated heterocycles. The van der Waals surface area contributed by atoms with Crippen molar-refractivity contribution in [3.63, 3.8) is 0 Å². The van der Waals surface area contributed by atoms with Crippen molar-refractivity contribution in [2.75, 3.05) is 5.73 Å². The van der Waals surface area contributed by atoms with Gasteiger partial charge in [0.25, 0.3) is 0 Å². The van der Waals surface area contributed by atoms with Gasteiger partial charge >= 0.3 is 0 Å². The lowest BCUT2D eigenvalue weighted by atomic mass is 10.2. The molecule has 0 fully saturated rings. The molecule has 0 aliphatic carbocycles. The zero-order valence-corrected chi connectivity index (χ0v) is 12.0. The molecule has 0 heterocycles. The minimum Gasteiger partial charge on any atom is -0.399 e. The Labute approximate surface area is 110 Å². The minimum absolute atomic E-state index is 0.0464. The molecule has 1 rings (SSSR count). The third kappa shape index (κ3) is 3.57. The molecule has 0 saturated carbocycles. The molecule has 1 aromatic carbocycles. The summed E-state index contributed by atoms with van der Waals surface area (Å²) in [4.78, 5) is 12.4. The van der Waals surface area contributed by atoms with Gasteiger partial charge in [0.15, 0.2) is 0 Å². The second-order valence-corrected chi connectivity index (χ2v) is 6.39. The van der Waals surface area contributed by atoms with Crippen molar-refractivity contribution in [1.29, 1.82) is 0 Å². The molecule has 3 N–H and O–H groups in total. The van der Waals surface area contributed by atoms with Gasteiger partial charge in [0, 0.05) is 16.6 Å². The molecule has 1 aromatic rings. The molecule has 0 radical (unpaired) electrons. The maximum Gasteiger partial charge on any atom is 0.236 e. The highest BCUT2D eigenvalue weighted by molar-refractivity contribution is 7.86. The summed E-state index contributed by atoms with van der Waals surface area (Å²) in [6.07, 6.45) is 0. The van der Waals surface area contributed by atoms with E-state index in [0.717, 1.165) is 5.56 Å². The highest BCUT2D eigenvalue weighted by atomic mass is 32.2. The van der Waals surface area contributed by atoms with E-state index >= 15 is 0 Å². The van der Waals surface area contributed by atoms with E-state index in [9.17, 15) is 9.00 Å². The van der Waals surface area contributed by atoms with E-state index in [4.69, 9.17) is 5.73 Å². The maximum absolute atomic E-state index is 12.2. The van der Waals surface area contributed by atoms with Crippen molar-refractivity contribution < 1.29 is 9.00 Å². The third-order valence-electron chi connectivity index (χ3n) is 2.59. The summed E-state index contributed by atoms with van der Waals surface area (Å²) in [6, 6.07) is 5.24. The summed E-state index contributed by atoms with van der Waals surface area (Å²) in [7, 11) is -1.36. The van der Waals surface area contributed by atoms with E-state index < -0.39 is 16.0 Å². The first kappa shape index (κ1) is 14.7. The number of amides is 1. The lowest BCUT2D eigenvalue weighted by Gasteiger charge is -2.14. The van der Waals surface area contributed by atoms with Crippen LogP contribution in [-0.4, -0.2) is 21.4 Å². The summed E-state index contributed by atoms with van der Waals surface area (Å²) in [5.74, 6) is -0.196. The van der Waals surface area contributed by atoms with Gasteiger partial charge in [-0.1, -0.05) is 0 Å². The summed E-state index contributed by atoms with van der Waals surface area (Å²) in [6.45, 7) is 7.27. The Balaban J connectivity index is 2.86. The van der Waals surface area contributed by atoms with Gasteiger partial charge in [0.2, 0.25) is 5.91 Å². The summed E-state index contributed by atoms with van der Waals surface area (Å²) in [5.41, 5.74) is 7.25. The number of nitrogens with one attached hydrogen (secondary N) is 1. The molecular formula is C13H20N2O2S. The number of hydrogen-bond acceptors (Lipinski definition) is 3. The number of carbonyl (C=O) groups is 1. The molecule has 4 nitrogen and oxygen atoms in total. The van der Waals surface area contributed by atoms with Crippen molar-refractivity contribution >= 4 is 22.4 Å². The average Bonchev–Trinajstić information content (AvgIpc) is 2.30. The van der Waals surface area contributed by atoms with E-state index in [-0.39, 0.29) is 11.9 Å². The number of anilines is 1. The van der Waals surface area contributed by atoms with Gasteiger partial charge in [-0.05, 0) is 51.5 Å². The summed E-state index contributed by atoms with van der Waals surface area (Å²) >= 11 is 0. The van der Waals surface area contributed by atoms with Gasteiger partial charge in [0.05, 0.1) is 10.8 Å². The molecule has 1 amide bonds. The zero-order chi connectivity index (χ0) is 13.9. The molecule has 2 atom stereocenters. The minimum atomic E-state index is -1.36. The number of rotatable bonds is 4. The largest absolute Gasteiger partial charge is 0.399 e. The maximum atomic E-state index is 12.2. The third-order valence-corrected chi connectivity index (χ3v) is 4.17. The number of hydrogen-bond donors (Lipinski definition) is 2. The molecular weight excluding hydrogens is 248 g/mol. The topological polar surface area (TPSA) is 72.2 Å². The Morgan fingerprint density at radius 2 is 1.94 bits per heavy atom. The Hall–Kier alpha value is -1.36. The lowest BCUT2D eigenvalue weighted by Crippen LogP contribution is -2.39. The second kappa shape index (κ2) is 6.00. The molecule has 0 aliphatic rings. The van der Waals surface area contributed by atoms with Crippen LogP contribution in [0.2, 0.25) is 0 Å². The Morgan fingerprint density at radius 3 is 2.44 bits per heavy atom. The average molecular weight is 268 g/mol. The fourth-order valence-corrected chi connectivity index (χ4v) is 2.64. The van der Waals surface area contributed by atoms with Crippen LogP contribution in [0.5, 0.6) is 0 Å². The predicted molar refractivity (Wildman–Crippen MR) is 74.7 cm³/mol. The molecule has 0 aromatic heterocycles. The Bertz CT molecular complexity index is 472. The summed E-state index contributed by atoms with van der Waals surface area (Å²) < 4.78 is 12.2. The molecule has 0 aliphatic heterocycles. The monoisotopic (exact) mass is 268 g/mol. The first-order valence-electron chi connectivity index (χ1n) is 5.90. The van der Waals surface area contributed by atoms with Crippen molar-refractivity contribution in [1.82, 2.24) is 5.32 Å². The van der Waals surface area contributed by atoms with Crippen molar-refractivity contribution in [2.24, 2.45) is 0 Å². The van der Waals surface area contributed by atoms with Gasteiger partial charge in [-0.2, -0.15) is 0 Å². The first-order valence-corrected chi connectivity index (χ1v) is 7.11. The van der Waals surface area contributed by atoms with E-state index in [1.165, 1.54) is 0 Å². The second-order valence-electron chi connectivity index (χ2n) is 4.62. The smallest absolute Gasteiger partial charge is 0.236 e. The normalized spacial score (nSPS) is 14.3. The lowest BCUT2D eigenvalue weighted by molar-refractivity contribution is -0.120. The highest BCUT2D eigenvalue weighted by Crippen LogP contribution is 2.18. The molecule has 18 heavy (non-hydrogen) atoms. The van der Waals surface area contributed by atoms with Crippen molar-refractivity contribution in [3.05, 3.63) is 23.8 Å². The zero-order valence-electron chi connectivity index (χ0n) is 11.2. The van der Waals surface area contributed by atoms with Crippen molar-refractivity contribution in [3.8, 4) is 0 Å². The van der Waals surface area contributed by atoms with Crippen LogP contribution in [0.25, 0.3) is 0 Å². The summed E-state index contributed by atoms with van der Waals surface area (Å²) in [5, 5.41) is 2.19. The van der Waals surface area contributed by atoms with Gasteiger partial charge in [0.1, 0.15) is 5.25 Å². The van der Waals surface area contributed by atoms with Gasteiger partial charge in [-0.15, -0.1) is 0 Å². The Kier molecular flexibility index (Phi) is 4.90. The fourth-order valence-electron chi connectivity index (χ4n) is 1.48. The van der Waals surface area contributed by atoms with Crippen molar-refractivity contribution in [2.45, 2.75) is 43.9 Å². The van der Waals surface area contributed by atoms with Crippen LogP contribution < -0.4 is 11.1 Å². The fraction of sp³-hybridized carbons (Fsp3) is 0.462. The van der Waals surface area contributed by atoms with Crippen LogP contribution in [0.1, 0.15) is 26.3 Å². The highest BCUT2D eigenvalue weighted by Gasteiger charge is 2.22. The van der Waals surface area contributed by atoms with E-state index in [1.807, 2.05) is 20.8 Å². The van der Waals surface area contributed by atoms with Crippen LogP contribution >= 0.6 is 0 Å². The Morgan fingerprint density at radius 1 is 1.33 bits per heavy atom. The van der Waals surface area contributed by atoms with Gasteiger partial charge < -0.3 is 11.1 Å².